The Morgan fingerprint density at radius 2 is 2.16 bits per heavy atom. The molecule has 0 bridgehead atoms. The van der Waals surface area contributed by atoms with E-state index in [4.69, 9.17) is 10.5 Å². The van der Waals surface area contributed by atoms with E-state index in [0.29, 0.717) is 36.1 Å². The van der Waals surface area contributed by atoms with Crippen molar-refractivity contribution < 1.29 is 9.13 Å². The molecule has 0 aliphatic carbocycles. The van der Waals surface area contributed by atoms with Crippen LogP contribution in [0.2, 0.25) is 0 Å². The predicted octanol–water partition coefficient (Wildman–Crippen LogP) is 2.82. The van der Waals surface area contributed by atoms with Gasteiger partial charge in [-0.15, -0.1) is 0 Å². The van der Waals surface area contributed by atoms with Crippen LogP contribution in [0.5, 0.6) is 0 Å². The second-order valence-electron chi connectivity index (χ2n) is 5.05. The number of hydrogen-bond acceptors (Lipinski definition) is 3. The minimum Gasteiger partial charge on any atom is -0.380 e. The van der Waals surface area contributed by atoms with E-state index in [1.165, 1.54) is 12.1 Å². The number of nitrogens with zero attached hydrogens (tertiary/aromatic N) is 2. The molecule has 0 unspecified atom stereocenters. The van der Waals surface area contributed by atoms with Gasteiger partial charge < -0.3 is 15.0 Å². The SMILES string of the molecule is CC(C)CCOCCn1c(N)nc2ccc(F)cc21. The van der Waals surface area contributed by atoms with Gasteiger partial charge in [-0.2, -0.15) is 0 Å². The molecule has 4 nitrogen and oxygen atoms in total. The number of nitrogen functional groups attached to an aromatic ring is 1. The standard InChI is InChI=1S/C14H20FN3O/c1-10(2)5-7-19-8-6-18-13-9-11(15)3-4-12(13)17-14(18)16/h3-4,9-10H,5-8H2,1-2H3,(H2,16,17). The Morgan fingerprint density at radius 1 is 1.37 bits per heavy atom. The zero-order valence-electron chi connectivity index (χ0n) is 11.4. The van der Waals surface area contributed by atoms with Crippen LogP contribution in [0, 0.1) is 11.7 Å². The zero-order chi connectivity index (χ0) is 13.8. The van der Waals surface area contributed by atoms with Crippen molar-refractivity contribution in [3.63, 3.8) is 0 Å². The summed E-state index contributed by atoms with van der Waals surface area (Å²) in [5.41, 5.74) is 7.26. The van der Waals surface area contributed by atoms with E-state index in [1.807, 2.05) is 0 Å². The van der Waals surface area contributed by atoms with E-state index < -0.39 is 0 Å². The third-order valence-corrected chi connectivity index (χ3v) is 3.04. The van der Waals surface area contributed by atoms with E-state index in [0.717, 1.165) is 13.0 Å². The van der Waals surface area contributed by atoms with Gasteiger partial charge in [0.1, 0.15) is 5.82 Å². The molecule has 0 spiro atoms. The lowest BCUT2D eigenvalue weighted by molar-refractivity contribution is 0.117. The lowest BCUT2D eigenvalue weighted by atomic mass is 10.1. The topological polar surface area (TPSA) is 53.1 Å². The summed E-state index contributed by atoms with van der Waals surface area (Å²) in [4.78, 5) is 4.20. The van der Waals surface area contributed by atoms with E-state index >= 15 is 0 Å². The van der Waals surface area contributed by atoms with Gasteiger partial charge in [-0.1, -0.05) is 13.8 Å². The first-order chi connectivity index (χ1) is 9.08. The average Bonchev–Trinajstić information content (AvgIpc) is 2.65. The van der Waals surface area contributed by atoms with Gasteiger partial charge in [-0.3, -0.25) is 0 Å². The number of fused-ring (bicyclic) bond motifs is 1. The van der Waals surface area contributed by atoms with Crippen LogP contribution in [0.4, 0.5) is 10.3 Å². The third kappa shape index (κ3) is 3.44. The molecule has 0 fully saturated rings. The largest absolute Gasteiger partial charge is 0.380 e. The molecule has 0 saturated carbocycles. The van der Waals surface area contributed by atoms with Crippen LogP contribution >= 0.6 is 0 Å². The van der Waals surface area contributed by atoms with Crippen molar-refractivity contribution in [2.75, 3.05) is 18.9 Å². The molecule has 0 amide bonds. The molecular formula is C14H20FN3O. The van der Waals surface area contributed by atoms with Crippen molar-refractivity contribution in [3.8, 4) is 0 Å². The molecule has 0 atom stereocenters. The van der Waals surface area contributed by atoms with E-state index in [-0.39, 0.29) is 5.82 Å². The number of halogens is 1. The summed E-state index contributed by atoms with van der Waals surface area (Å²) in [5, 5.41) is 0. The average molecular weight is 265 g/mol. The van der Waals surface area contributed by atoms with Crippen LogP contribution in [-0.2, 0) is 11.3 Å². The van der Waals surface area contributed by atoms with Crippen LogP contribution in [-0.4, -0.2) is 22.8 Å². The molecule has 0 aliphatic heterocycles. The van der Waals surface area contributed by atoms with Crippen molar-refractivity contribution in [2.24, 2.45) is 5.92 Å². The monoisotopic (exact) mass is 265 g/mol. The molecule has 0 saturated heterocycles. The Balaban J connectivity index is 2.00. The molecule has 0 radical (unpaired) electrons. The second kappa shape index (κ2) is 6.02. The highest BCUT2D eigenvalue weighted by atomic mass is 19.1. The fraction of sp³-hybridized carbons (Fsp3) is 0.500. The fourth-order valence-electron chi connectivity index (χ4n) is 1.93. The number of aromatic nitrogens is 2. The normalized spacial score (nSPS) is 11.6. The number of rotatable bonds is 6. The van der Waals surface area contributed by atoms with Gasteiger partial charge >= 0.3 is 0 Å². The Morgan fingerprint density at radius 3 is 2.89 bits per heavy atom. The van der Waals surface area contributed by atoms with Gasteiger partial charge in [0.15, 0.2) is 0 Å². The third-order valence-electron chi connectivity index (χ3n) is 3.04. The number of benzene rings is 1. The summed E-state index contributed by atoms with van der Waals surface area (Å²) in [7, 11) is 0. The first-order valence-electron chi connectivity index (χ1n) is 6.57. The van der Waals surface area contributed by atoms with E-state index in [1.54, 1.807) is 10.6 Å². The summed E-state index contributed by atoms with van der Waals surface area (Å²) < 4.78 is 20.6. The molecule has 19 heavy (non-hydrogen) atoms. The first kappa shape index (κ1) is 13.8. The lowest BCUT2D eigenvalue weighted by Crippen LogP contribution is -2.10. The van der Waals surface area contributed by atoms with Crippen molar-refractivity contribution >= 4 is 17.0 Å². The summed E-state index contributed by atoms with van der Waals surface area (Å²) in [6, 6.07) is 4.47. The van der Waals surface area contributed by atoms with E-state index in [2.05, 4.69) is 18.8 Å². The summed E-state index contributed by atoms with van der Waals surface area (Å²) >= 11 is 0. The number of nitrogens with two attached hydrogens (primary N) is 1. The highest BCUT2D eigenvalue weighted by Gasteiger charge is 2.08. The van der Waals surface area contributed by atoms with Crippen molar-refractivity contribution in [1.29, 1.82) is 0 Å². The summed E-state index contributed by atoms with van der Waals surface area (Å²) in [6.07, 6.45) is 1.04. The number of ether oxygens (including phenoxy) is 1. The summed E-state index contributed by atoms with van der Waals surface area (Å²) in [5.74, 6) is 0.746. The second-order valence-corrected chi connectivity index (χ2v) is 5.05. The van der Waals surface area contributed by atoms with Crippen LogP contribution in [0.15, 0.2) is 18.2 Å². The number of anilines is 1. The Kier molecular flexibility index (Phi) is 4.37. The van der Waals surface area contributed by atoms with Gasteiger partial charge in [0.05, 0.1) is 17.6 Å². The minimum absolute atomic E-state index is 0.283. The highest BCUT2D eigenvalue weighted by molar-refractivity contribution is 5.78. The molecule has 2 rings (SSSR count). The smallest absolute Gasteiger partial charge is 0.201 e. The molecule has 0 aliphatic rings. The molecule has 1 heterocycles. The van der Waals surface area contributed by atoms with Gasteiger partial charge in [0.25, 0.3) is 0 Å². The molecule has 5 heteroatoms. The maximum Gasteiger partial charge on any atom is 0.201 e. The van der Waals surface area contributed by atoms with Crippen molar-refractivity contribution in [1.82, 2.24) is 9.55 Å². The Labute approximate surface area is 112 Å². The van der Waals surface area contributed by atoms with Crippen LogP contribution in [0.1, 0.15) is 20.3 Å². The molecular weight excluding hydrogens is 245 g/mol. The fourth-order valence-corrected chi connectivity index (χ4v) is 1.93. The van der Waals surface area contributed by atoms with Crippen LogP contribution in [0.25, 0.3) is 11.0 Å². The molecule has 2 aromatic rings. The molecule has 2 N–H and O–H groups in total. The molecule has 104 valence electrons. The maximum atomic E-state index is 13.2. The lowest BCUT2D eigenvalue weighted by Gasteiger charge is -2.08. The molecule has 1 aromatic carbocycles. The Bertz CT molecular complexity index is 551. The van der Waals surface area contributed by atoms with Gasteiger partial charge in [0, 0.05) is 13.2 Å². The maximum absolute atomic E-state index is 13.2. The number of hydrogen-bond donors (Lipinski definition) is 1. The quantitative estimate of drug-likeness (QED) is 0.817. The van der Waals surface area contributed by atoms with Crippen molar-refractivity contribution in [2.45, 2.75) is 26.8 Å². The van der Waals surface area contributed by atoms with Crippen LogP contribution < -0.4 is 5.73 Å². The Hall–Kier alpha value is -1.62. The van der Waals surface area contributed by atoms with Gasteiger partial charge in [-0.25, -0.2) is 9.37 Å². The highest BCUT2D eigenvalue weighted by Crippen LogP contribution is 2.18. The first-order valence-corrected chi connectivity index (χ1v) is 6.57. The predicted molar refractivity (Wildman–Crippen MR) is 74.4 cm³/mol. The summed E-state index contributed by atoms with van der Waals surface area (Å²) in [6.45, 7) is 6.20. The van der Waals surface area contributed by atoms with E-state index in [9.17, 15) is 4.39 Å². The van der Waals surface area contributed by atoms with Gasteiger partial charge in [0.2, 0.25) is 5.95 Å². The number of imidazole rings is 1. The minimum atomic E-state index is -0.283. The van der Waals surface area contributed by atoms with Crippen LogP contribution in [0.3, 0.4) is 0 Å². The molecule has 1 aromatic heterocycles. The zero-order valence-corrected chi connectivity index (χ0v) is 11.4. The van der Waals surface area contributed by atoms with Crippen molar-refractivity contribution in [3.05, 3.63) is 24.0 Å². The van der Waals surface area contributed by atoms with Gasteiger partial charge in [-0.05, 0) is 30.5 Å².